The molecule has 0 atom stereocenters. The molecule has 5 heteroatoms. The second kappa shape index (κ2) is 5.85. The number of carboxylic acids is 1. The summed E-state index contributed by atoms with van der Waals surface area (Å²) in [5, 5.41) is 17.5. The Morgan fingerprint density at radius 3 is 2.71 bits per heavy atom. The molecule has 0 aromatic carbocycles. The first-order chi connectivity index (χ1) is 8.02. The molecule has 0 aliphatic rings. The SMILES string of the molecule is CC(C)CN(CC(=O)O)c1ccc(C#N)cn1. The first-order valence-electron chi connectivity index (χ1n) is 5.36. The van der Waals surface area contributed by atoms with Crippen molar-refractivity contribution in [2.45, 2.75) is 13.8 Å². The Morgan fingerprint density at radius 1 is 1.59 bits per heavy atom. The Hall–Kier alpha value is -2.09. The zero-order valence-corrected chi connectivity index (χ0v) is 9.92. The van der Waals surface area contributed by atoms with E-state index < -0.39 is 5.97 Å². The van der Waals surface area contributed by atoms with Gasteiger partial charge in [0.05, 0.1) is 5.56 Å². The van der Waals surface area contributed by atoms with Gasteiger partial charge in [0, 0.05) is 12.7 Å². The Labute approximate surface area is 100 Å². The van der Waals surface area contributed by atoms with E-state index in [0.717, 1.165) is 0 Å². The van der Waals surface area contributed by atoms with Crippen LogP contribution in [-0.2, 0) is 4.79 Å². The summed E-state index contributed by atoms with van der Waals surface area (Å²) >= 11 is 0. The minimum atomic E-state index is -0.892. The van der Waals surface area contributed by atoms with E-state index in [2.05, 4.69) is 4.98 Å². The zero-order chi connectivity index (χ0) is 12.8. The lowest BCUT2D eigenvalue weighted by Gasteiger charge is -2.23. The van der Waals surface area contributed by atoms with Gasteiger partial charge >= 0.3 is 5.97 Å². The van der Waals surface area contributed by atoms with E-state index in [1.165, 1.54) is 6.20 Å². The van der Waals surface area contributed by atoms with Gasteiger partial charge in [0.25, 0.3) is 0 Å². The van der Waals surface area contributed by atoms with Gasteiger partial charge in [-0.25, -0.2) is 4.98 Å². The van der Waals surface area contributed by atoms with Crippen LogP contribution in [0.1, 0.15) is 19.4 Å². The summed E-state index contributed by atoms with van der Waals surface area (Å²) in [6.45, 7) is 4.55. The molecule has 1 aromatic heterocycles. The molecule has 90 valence electrons. The molecular weight excluding hydrogens is 218 g/mol. The normalized spacial score (nSPS) is 10.0. The standard InChI is InChI=1S/C12H15N3O2/c1-9(2)7-15(8-12(16)17)11-4-3-10(5-13)6-14-11/h3-4,6,9H,7-8H2,1-2H3,(H,16,17). The summed E-state index contributed by atoms with van der Waals surface area (Å²) in [6.07, 6.45) is 1.45. The minimum Gasteiger partial charge on any atom is -0.480 e. The van der Waals surface area contributed by atoms with Crippen molar-refractivity contribution in [3.63, 3.8) is 0 Å². The van der Waals surface area contributed by atoms with Crippen LogP contribution < -0.4 is 4.90 Å². The second-order valence-electron chi connectivity index (χ2n) is 4.18. The maximum absolute atomic E-state index is 10.8. The lowest BCUT2D eigenvalue weighted by Crippen LogP contribution is -2.33. The highest BCUT2D eigenvalue weighted by Crippen LogP contribution is 2.12. The van der Waals surface area contributed by atoms with Crippen LogP contribution in [-0.4, -0.2) is 29.1 Å². The lowest BCUT2D eigenvalue weighted by molar-refractivity contribution is -0.135. The molecule has 1 rings (SSSR count). The third kappa shape index (κ3) is 4.11. The Balaban J connectivity index is 2.87. The number of rotatable bonds is 5. The quantitative estimate of drug-likeness (QED) is 0.833. The van der Waals surface area contributed by atoms with E-state index in [-0.39, 0.29) is 6.54 Å². The highest BCUT2D eigenvalue weighted by molar-refractivity contribution is 5.73. The maximum Gasteiger partial charge on any atom is 0.323 e. The smallest absolute Gasteiger partial charge is 0.323 e. The van der Waals surface area contributed by atoms with Gasteiger partial charge in [-0.05, 0) is 18.1 Å². The van der Waals surface area contributed by atoms with Crippen molar-refractivity contribution in [1.29, 1.82) is 5.26 Å². The van der Waals surface area contributed by atoms with Gasteiger partial charge in [-0.3, -0.25) is 4.79 Å². The van der Waals surface area contributed by atoms with Crippen LogP contribution in [0.4, 0.5) is 5.82 Å². The molecule has 0 aliphatic carbocycles. The zero-order valence-electron chi connectivity index (χ0n) is 9.92. The number of aromatic nitrogens is 1. The van der Waals surface area contributed by atoms with Crippen LogP contribution in [0, 0.1) is 17.2 Å². The number of nitriles is 1. The van der Waals surface area contributed by atoms with Gasteiger partial charge < -0.3 is 10.0 Å². The Bertz CT molecular complexity index is 420. The second-order valence-corrected chi connectivity index (χ2v) is 4.18. The van der Waals surface area contributed by atoms with Crippen molar-refractivity contribution >= 4 is 11.8 Å². The van der Waals surface area contributed by atoms with Crippen molar-refractivity contribution in [2.24, 2.45) is 5.92 Å². The van der Waals surface area contributed by atoms with Crippen LogP contribution in [0.5, 0.6) is 0 Å². The Morgan fingerprint density at radius 2 is 2.29 bits per heavy atom. The van der Waals surface area contributed by atoms with Gasteiger partial charge in [0.1, 0.15) is 18.4 Å². The first kappa shape index (κ1) is 13.0. The highest BCUT2D eigenvalue weighted by Gasteiger charge is 2.13. The first-order valence-corrected chi connectivity index (χ1v) is 5.36. The Kier molecular flexibility index (Phi) is 4.46. The minimum absolute atomic E-state index is 0.0862. The molecule has 1 aromatic rings. The number of anilines is 1. The average molecular weight is 233 g/mol. The van der Waals surface area contributed by atoms with Crippen molar-refractivity contribution in [3.8, 4) is 6.07 Å². The number of hydrogen-bond acceptors (Lipinski definition) is 4. The molecule has 0 fully saturated rings. The molecule has 1 heterocycles. The van der Waals surface area contributed by atoms with Crippen LogP contribution >= 0.6 is 0 Å². The van der Waals surface area contributed by atoms with Crippen LogP contribution in [0.2, 0.25) is 0 Å². The van der Waals surface area contributed by atoms with E-state index in [0.29, 0.717) is 23.8 Å². The number of pyridine rings is 1. The fourth-order valence-electron chi connectivity index (χ4n) is 1.48. The predicted molar refractivity (Wildman–Crippen MR) is 63.6 cm³/mol. The van der Waals surface area contributed by atoms with E-state index in [1.54, 1.807) is 17.0 Å². The fourth-order valence-corrected chi connectivity index (χ4v) is 1.48. The van der Waals surface area contributed by atoms with Crippen molar-refractivity contribution < 1.29 is 9.90 Å². The lowest BCUT2D eigenvalue weighted by atomic mass is 10.2. The van der Waals surface area contributed by atoms with E-state index in [9.17, 15) is 4.79 Å². The van der Waals surface area contributed by atoms with E-state index in [1.807, 2.05) is 19.9 Å². The maximum atomic E-state index is 10.8. The molecule has 0 amide bonds. The molecule has 0 spiro atoms. The fraction of sp³-hybridized carbons (Fsp3) is 0.417. The van der Waals surface area contributed by atoms with Gasteiger partial charge in [0.15, 0.2) is 0 Å². The number of carboxylic acid groups (broad SMARTS) is 1. The molecule has 0 saturated carbocycles. The third-order valence-corrected chi connectivity index (χ3v) is 2.11. The molecule has 0 bridgehead atoms. The molecule has 0 saturated heterocycles. The summed E-state index contributed by atoms with van der Waals surface area (Å²) in [4.78, 5) is 16.6. The third-order valence-electron chi connectivity index (χ3n) is 2.11. The van der Waals surface area contributed by atoms with Crippen molar-refractivity contribution in [3.05, 3.63) is 23.9 Å². The molecule has 0 unspecified atom stereocenters. The van der Waals surface area contributed by atoms with E-state index >= 15 is 0 Å². The summed E-state index contributed by atoms with van der Waals surface area (Å²) in [5.74, 6) is 0.0312. The van der Waals surface area contributed by atoms with Gasteiger partial charge in [-0.15, -0.1) is 0 Å². The molecule has 0 aliphatic heterocycles. The van der Waals surface area contributed by atoms with Gasteiger partial charge in [-0.2, -0.15) is 5.26 Å². The monoisotopic (exact) mass is 233 g/mol. The van der Waals surface area contributed by atoms with Crippen LogP contribution in [0.25, 0.3) is 0 Å². The van der Waals surface area contributed by atoms with Gasteiger partial charge in [-0.1, -0.05) is 13.8 Å². The summed E-state index contributed by atoms with van der Waals surface area (Å²) in [5.41, 5.74) is 0.466. The predicted octanol–water partition coefficient (Wildman–Crippen LogP) is 1.50. The number of nitrogens with zero attached hydrogens (tertiary/aromatic N) is 3. The number of carbonyl (C=O) groups is 1. The number of aliphatic carboxylic acids is 1. The molecule has 5 nitrogen and oxygen atoms in total. The average Bonchev–Trinajstić information content (AvgIpc) is 2.27. The van der Waals surface area contributed by atoms with Crippen molar-refractivity contribution in [1.82, 2.24) is 4.98 Å². The molecule has 0 radical (unpaired) electrons. The van der Waals surface area contributed by atoms with Crippen LogP contribution in [0.15, 0.2) is 18.3 Å². The summed E-state index contributed by atoms with van der Waals surface area (Å²) in [6, 6.07) is 5.28. The summed E-state index contributed by atoms with van der Waals surface area (Å²) < 4.78 is 0. The summed E-state index contributed by atoms with van der Waals surface area (Å²) in [7, 11) is 0. The number of hydrogen-bond donors (Lipinski definition) is 1. The topological polar surface area (TPSA) is 77.2 Å². The molecular formula is C12H15N3O2. The van der Waals surface area contributed by atoms with Gasteiger partial charge in [0.2, 0.25) is 0 Å². The van der Waals surface area contributed by atoms with Crippen LogP contribution in [0.3, 0.4) is 0 Å². The largest absolute Gasteiger partial charge is 0.480 e. The molecule has 1 N–H and O–H groups in total. The molecule has 17 heavy (non-hydrogen) atoms. The highest BCUT2D eigenvalue weighted by atomic mass is 16.4. The van der Waals surface area contributed by atoms with Crippen molar-refractivity contribution in [2.75, 3.05) is 18.0 Å². The van der Waals surface area contributed by atoms with E-state index in [4.69, 9.17) is 10.4 Å².